The molecule has 2 fully saturated rings. The first-order valence-corrected chi connectivity index (χ1v) is 17.0. The maximum absolute atomic E-state index is 13.5. The SMILES string of the molecule is Cc1cc(B2OC(C)(C)C(C)(C)O2)ccc1CN(c1cc2oc(Cc3ccc(F)cc3)c(C(N)=O)c2cc1C1CC1)S(C)(=O)=O. The average molecular weight is 633 g/mol. The van der Waals surface area contributed by atoms with Gasteiger partial charge in [-0.25, -0.2) is 12.8 Å². The summed E-state index contributed by atoms with van der Waals surface area (Å²) in [4.78, 5) is 12.7. The largest absolute Gasteiger partial charge is 0.494 e. The van der Waals surface area contributed by atoms with Crippen molar-refractivity contribution < 1.29 is 31.3 Å². The van der Waals surface area contributed by atoms with Gasteiger partial charge in [-0.2, -0.15) is 0 Å². The number of rotatable bonds is 9. The molecule has 2 heterocycles. The van der Waals surface area contributed by atoms with E-state index in [-0.39, 0.29) is 30.3 Å². The number of hydrogen-bond acceptors (Lipinski definition) is 6. The van der Waals surface area contributed by atoms with Crippen LogP contribution in [0.5, 0.6) is 0 Å². The minimum absolute atomic E-state index is 0.103. The highest BCUT2D eigenvalue weighted by Crippen LogP contribution is 2.47. The van der Waals surface area contributed by atoms with Gasteiger partial charge in [0.25, 0.3) is 5.91 Å². The molecule has 1 aliphatic heterocycles. The zero-order valence-electron chi connectivity index (χ0n) is 26.4. The van der Waals surface area contributed by atoms with Crippen LogP contribution in [0.25, 0.3) is 11.0 Å². The Bertz CT molecular complexity index is 1900. The molecule has 236 valence electrons. The summed E-state index contributed by atoms with van der Waals surface area (Å²) in [7, 11) is -4.27. The van der Waals surface area contributed by atoms with Gasteiger partial charge in [0.1, 0.15) is 17.2 Å². The van der Waals surface area contributed by atoms with Crippen molar-refractivity contribution >= 4 is 45.2 Å². The first-order valence-electron chi connectivity index (χ1n) is 15.1. The van der Waals surface area contributed by atoms with Crippen LogP contribution in [0.15, 0.2) is 59.0 Å². The molecule has 1 saturated heterocycles. The smallest absolute Gasteiger partial charge is 0.460 e. The van der Waals surface area contributed by atoms with Crippen molar-refractivity contribution in [2.24, 2.45) is 5.73 Å². The Morgan fingerprint density at radius 2 is 1.67 bits per heavy atom. The molecule has 0 unspecified atom stereocenters. The molecule has 8 nitrogen and oxygen atoms in total. The number of sulfonamides is 1. The Kier molecular flexibility index (Phi) is 7.65. The summed E-state index contributed by atoms with van der Waals surface area (Å²) in [6.07, 6.45) is 3.23. The van der Waals surface area contributed by atoms with Crippen LogP contribution in [-0.2, 0) is 32.3 Å². The van der Waals surface area contributed by atoms with Gasteiger partial charge in [0.05, 0.1) is 35.3 Å². The van der Waals surface area contributed by atoms with Crippen LogP contribution in [0, 0.1) is 12.7 Å². The van der Waals surface area contributed by atoms with Crippen molar-refractivity contribution in [1.29, 1.82) is 0 Å². The molecule has 11 heteroatoms. The average Bonchev–Trinajstić information content (AvgIpc) is 3.68. The molecular weight excluding hydrogens is 594 g/mol. The second-order valence-electron chi connectivity index (χ2n) is 13.3. The minimum atomic E-state index is -3.74. The monoisotopic (exact) mass is 632 g/mol. The third kappa shape index (κ3) is 6.01. The highest BCUT2D eigenvalue weighted by Gasteiger charge is 2.51. The minimum Gasteiger partial charge on any atom is -0.460 e. The Hall–Kier alpha value is -3.67. The van der Waals surface area contributed by atoms with Crippen molar-refractivity contribution in [3.8, 4) is 0 Å². The number of carbonyl (C=O) groups is 1. The number of hydrogen-bond donors (Lipinski definition) is 1. The van der Waals surface area contributed by atoms with Crippen molar-refractivity contribution in [1.82, 2.24) is 0 Å². The molecule has 6 rings (SSSR count). The van der Waals surface area contributed by atoms with Crippen molar-refractivity contribution in [2.75, 3.05) is 10.6 Å². The number of nitrogens with zero attached hydrogens (tertiary/aromatic N) is 1. The summed E-state index contributed by atoms with van der Waals surface area (Å²) in [5.41, 5.74) is 10.2. The molecule has 0 bridgehead atoms. The van der Waals surface area contributed by atoms with E-state index < -0.39 is 34.3 Å². The van der Waals surface area contributed by atoms with E-state index in [1.165, 1.54) is 22.7 Å². The number of halogens is 1. The third-order valence-corrected chi connectivity index (χ3v) is 10.5. The van der Waals surface area contributed by atoms with Crippen molar-refractivity contribution in [2.45, 2.75) is 77.5 Å². The summed E-state index contributed by atoms with van der Waals surface area (Å²) in [6, 6.07) is 15.3. The van der Waals surface area contributed by atoms with Crippen LogP contribution in [0.4, 0.5) is 10.1 Å². The highest BCUT2D eigenvalue weighted by molar-refractivity contribution is 7.92. The quantitative estimate of drug-likeness (QED) is 0.237. The fourth-order valence-electron chi connectivity index (χ4n) is 5.88. The molecule has 0 atom stereocenters. The van der Waals surface area contributed by atoms with E-state index in [2.05, 4.69) is 0 Å². The van der Waals surface area contributed by atoms with Gasteiger partial charge in [-0.15, -0.1) is 0 Å². The third-order valence-electron chi connectivity index (χ3n) is 9.33. The number of primary amides is 1. The molecule has 0 spiro atoms. The van der Waals surface area contributed by atoms with Gasteiger partial charge in [0.15, 0.2) is 0 Å². The fourth-order valence-corrected chi connectivity index (χ4v) is 6.77. The number of nitrogens with two attached hydrogens (primary N) is 1. The number of fused-ring (bicyclic) bond motifs is 1. The topological polar surface area (TPSA) is 112 Å². The molecule has 3 aromatic carbocycles. The molecule has 1 aliphatic carbocycles. The number of carbonyl (C=O) groups excluding carboxylic acids is 1. The summed E-state index contributed by atoms with van der Waals surface area (Å²) in [5, 5.41) is 0.543. The molecule has 1 aromatic heterocycles. The first kappa shape index (κ1) is 31.3. The molecule has 4 aromatic rings. The van der Waals surface area contributed by atoms with E-state index in [1.807, 2.05) is 58.9 Å². The predicted octanol–water partition coefficient (Wildman–Crippen LogP) is 5.71. The van der Waals surface area contributed by atoms with Gasteiger partial charge in [-0.1, -0.05) is 30.3 Å². The lowest BCUT2D eigenvalue weighted by atomic mass is 9.78. The summed E-state index contributed by atoms with van der Waals surface area (Å²) in [5.74, 6) is -0.506. The van der Waals surface area contributed by atoms with Crippen LogP contribution < -0.4 is 15.5 Å². The molecule has 45 heavy (non-hydrogen) atoms. The predicted molar refractivity (Wildman–Crippen MR) is 174 cm³/mol. The van der Waals surface area contributed by atoms with Gasteiger partial charge in [0.2, 0.25) is 10.0 Å². The standard InChI is InChI=1S/C34H38BFN2O6S/c1-20-15-24(35-43-33(2,3)34(4,5)44-35)12-11-23(20)19-38(45(6,40)41)28-18-29-27(17-26(28)22-9-10-22)31(32(37)39)30(42-29)16-21-7-13-25(36)14-8-21/h7-8,11-15,17-18,22H,9-10,16,19H2,1-6H3,(H2,37,39). The molecule has 0 radical (unpaired) electrons. The van der Waals surface area contributed by atoms with Crippen LogP contribution in [0.3, 0.4) is 0 Å². The van der Waals surface area contributed by atoms with Gasteiger partial charge < -0.3 is 19.5 Å². The number of furan rings is 1. The lowest BCUT2D eigenvalue weighted by Gasteiger charge is -2.32. The number of anilines is 1. The van der Waals surface area contributed by atoms with Crippen LogP contribution in [0.2, 0.25) is 0 Å². The normalized spacial score (nSPS) is 17.6. The molecule has 1 amide bonds. The Morgan fingerprint density at radius 3 is 2.22 bits per heavy atom. The lowest BCUT2D eigenvalue weighted by molar-refractivity contribution is 0.00578. The molecule has 2 aliphatic rings. The molecule has 2 N–H and O–H groups in total. The zero-order valence-corrected chi connectivity index (χ0v) is 27.3. The summed E-state index contributed by atoms with van der Waals surface area (Å²) >= 11 is 0. The van der Waals surface area contributed by atoms with Crippen molar-refractivity contribution in [3.63, 3.8) is 0 Å². The Morgan fingerprint density at radius 1 is 1.02 bits per heavy atom. The van der Waals surface area contributed by atoms with Crippen molar-refractivity contribution in [3.05, 3.63) is 94.0 Å². The second-order valence-corrected chi connectivity index (χ2v) is 15.2. The number of amides is 1. The Labute approximate surface area is 263 Å². The van der Waals surface area contributed by atoms with E-state index >= 15 is 0 Å². The molecular formula is C34H38BFN2O6S. The Balaban J connectivity index is 1.39. The van der Waals surface area contributed by atoms with Gasteiger partial charge in [-0.05, 0) is 99.3 Å². The van der Waals surface area contributed by atoms with Gasteiger partial charge in [-0.3, -0.25) is 9.10 Å². The number of benzene rings is 3. The summed E-state index contributed by atoms with van der Waals surface area (Å²) in [6.45, 7) is 10.1. The van der Waals surface area contributed by atoms with Crippen LogP contribution >= 0.6 is 0 Å². The van der Waals surface area contributed by atoms with Crippen LogP contribution in [-0.4, -0.2) is 38.9 Å². The van der Waals surface area contributed by atoms with E-state index in [4.69, 9.17) is 19.5 Å². The van der Waals surface area contributed by atoms with E-state index in [1.54, 1.807) is 18.2 Å². The van der Waals surface area contributed by atoms with Gasteiger partial charge >= 0.3 is 7.12 Å². The highest BCUT2D eigenvalue weighted by atomic mass is 32.2. The second kappa shape index (κ2) is 11.0. The van der Waals surface area contributed by atoms with Crippen LogP contribution in [0.1, 0.15) is 84.8 Å². The maximum atomic E-state index is 13.5. The van der Waals surface area contributed by atoms with Gasteiger partial charge in [0, 0.05) is 17.9 Å². The number of aryl methyl sites for hydroxylation is 1. The maximum Gasteiger partial charge on any atom is 0.494 e. The first-order chi connectivity index (χ1) is 21.0. The lowest BCUT2D eigenvalue weighted by Crippen LogP contribution is -2.41. The van der Waals surface area contributed by atoms with E-state index in [0.717, 1.165) is 40.6 Å². The van der Waals surface area contributed by atoms with E-state index in [9.17, 15) is 17.6 Å². The fraction of sp³-hybridized carbons (Fsp3) is 0.382. The molecule has 1 saturated carbocycles. The zero-order chi connectivity index (χ0) is 32.5. The van der Waals surface area contributed by atoms with E-state index in [0.29, 0.717) is 22.4 Å². The summed E-state index contributed by atoms with van der Waals surface area (Å²) < 4.78 is 60.3.